The van der Waals surface area contributed by atoms with E-state index in [-0.39, 0.29) is 0 Å². The van der Waals surface area contributed by atoms with E-state index in [1.54, 1.807) is 0 Å². The van der Waals surface area contributed by atoms with Crippen LogP contribution in [-0.4, -0.2) is 0 Å². The number of para-hydroxylation sites is 1. The average Bonchev–Trinajstić information content (AvgIpc) is 3.75. The molecule has 1 saturated carbocycles. The molecule has 0 bridgehead atoms. The second-order valence-corrected chi connectivity index (χ2v) is 19.3. The Hall–Kier alpha value is -8.26. The zero-order valence-corrected chi connectivity index (χ0v) is 39.3. The Labute approximate surface area is 412 Å². The number of fused-ring (bicyclic) bond motifs is 5. The molecule has 0 spiro atoms. The Balaban J connectivity index is 0.998. The molecule has 0 amide bonds. The van der Waals surface area contributed by atoms with Gasteiger partial charge in [0.05, 0.1) is 11.1 Å². The van der Waals surface area contributed by atoms with Crippen LogP contribution in [0, 0.1) is 0 Å². The van der Waals surface area contributed by atoms with Crippen molar-refractivity contribution in [2.24, 2.45) is 0 Å². The lowest BCUT2D eigenvalue weighted by Gasteiger charge is -2.34. The fraction of sp³-hybridized carbons (Fsp3) is 0.101. The fourth-order valence-electron chi connectivity index (χ4n) is 12.5. The predicted molar refractivity (Wildman–Crippen MR) is 296 cm³/mol. The maximum absolute atomic E-state index is 2.50. The molecule has 0 saturated heterocycles. The summed E-state index contributed by atoms with van der Waals surface area (Å²) in [7, 11) is 0. The summed E-state index contributed by atoms with van der Waals surface area (Å²) in [5.74, 6) is 0.573. The van der Waals surface area contributed by atoms with E-state index in [1.807, 2.05) is 0 Å². The zero-order chi connectivity index (χ0) is 46.4. The molecule has 70 heavy (non-hydrogen) atoms. The summed E-state index contributed by atoms with van der Waals surface area (Å²) in [6.45, 7) is 0. The van der Waals surface area contributed by atoms with Gasteiger partial charge in [-0.1, -0.05) is 244 Å². The van der Waals surface area contributed by atoms with Gasteiger partial charge in [0.1, 0.15) is 0 Å². The van der Waals surface area contributed by atoms with Crippen LogP contribution in [0.15, 0.2) is 255 Å². The molecule has 0 radical (unpaired) electrons. The third-order valence-corrected chi connectivity index (χ3v) is 15.5. The lowest BCUT2D eigenvalue weighted by Crippen LogP contribution is -2.28. The topological polar surface area (TPSA) is 3.24 Å². The van der Waals surface area contributed by atoms with E-state index in [9.17, 15) is 0 Å². The molecule has 1 nitrogen and oxygen atoms in total. The highest BCUT2D eigenvalue weighted by Crippen LogP contribution is 2.58. The van der Waals surface area contributed by atoms with Crippen LogP contribution in [0.25, 0.3) is 66.1 Å². The van der Waals surface area contributed by atoms with E-state index >= 15 is 0 Å². The van der Waals surface area contributed by atoms with Crippen LogP contribution in [0.4, 0.5) is 17.1 Å². The SMILES string of the molecule is c1ccc(C2(c3ccccc3)c3ccccc3-c3c(-c4ccc(N(c5cccc(-c6cccc7ccccc67)c5)c5ccccc5-c5cccc6cccc(C7CCCCC7)c56)cc4)cccc32)cc1. The van der Waals surface area contributed by atoms with E-state index in [2.05, 4.69) is 260 Å². The van der Waals surface area contributed by atoms with Crippen LogP contribution in [0.5, 0.6) is 0 Å². The smallest absolute Gasteiger partial charge is 0.0713 e. The Kier molecular flexibility index (Phi) is 10.6. The minimum atomic E-state index is -0.460. The van der Waals surface area contributed by atoms with Crippen molar-refractivity contribution >= 4 is 38.6 Å². The van der Waals surface area contributed by atoms with Gasteiger partial charge in [-0.25, -0.2) is 0 Å². The number of nitrogens with zero attached hydrogens (tertiary/aromatic N) is 1. The summed E-state index contributed by atoms with van der Waals surface area (Å²) in [4.78, 5) is 2.50. The Morgan fingerprint density at radius 1 is 0.357 bits per heavy atom. The van der Waals surface area contributed by atoms with Gasteiger partial charge >= 0.3 is 0 Å². The normalized spacial score (nSPS) is 14.1. The molecule has 0 aliphatic heterocycles. The quantitative estimate of drug-likeness (QED) is 0.140. The van der Waals surface area contributed by atoms with E-state index in [0.29, 0.717) is 5.92 Å². The second kappa shape index (κ2) is 17.7. The van der Waals surface area contributed by atoms with Gasteiger partial charge < -0.3 is 4.90 Å². The van der Waals surface area contributed by atoms with Crippen molar-refractivity contribution in [2.45, 2.75) is 43.4 Å². The van der Waals surface area contributed by atoms with Gasteiger partial charge in [-0.3, -0.25) is 0 Å². The van der Waals surface area contributed by atoms with E-state index in [4.69, 9.17) is 0 Å². The first-order valence-corrected chi connectivity index (χ1v) is 25.2. The number of hydrogen-bond acceptors (Lipinski definition) is 1. The minimum Gasteiger partial charge on any atom is -0.310 e. The molecular weight excluding hydrogens is 843 g/mol. The molecule has 11 aromatic rings. The van der Waals surface area contributed by atoms with Gasteiger partial charge in [-0.05, 0) is 137 Å². The Morgan fingerprint density at radius 2 is 0.929 bits per heavy atom. The standard InChI is InChI=1S/C69H53N/c1-4-21-49(22-5-1)59-37-18-25-51-26-19-39-62(67(51)59)61-34-13-15-42-66(61)70(56-32-16-27-52(47-56)58-36-17-24-48-23-10-11-33-57(48)58)55-45-43-50(44-46-55)60-38-20-41-65-68(60)63-35-12-14-40-64(63)69(65,53-28-6-2-7-29-53)54-30-8-3-9-31-54/h2-3,6-20,23-47,49H,1,4-5,21-22H2. The van der Waals surface area contributed by atoms with Crippen LogP contribution in [-0.2, 0) is 5.41 Å². The van der Waals surface area contributed by atoms with Crippen molar-refractivity contribution < 1.29 is 0 Å². The summed E-state index contributed by atoms with van der Waals surface area (Å²) in [6, 6.07) is 95.1. The molecule has 11 aromatic carbocycles. The van der Waals surface area contributed by atoms with Crippen LogP contribution >= 0.6 is 0 Å². The molecule has 0 heterocycles. The molecule has 0 unspecified atom stereocenters. The van der Waals surface area contributed by atoms with Gasteiger partial charge in [-0.2, -0.15) is 0 Å². The molecular formula is C69H53N. The molecule has 0 atom stereocenters. The van der Waals surface area contributed by atoms with Crippen LogP contribution < -0.4 is 4.90 Å². The lowest BCUT2D eigenvalue weighted by atomic mass is 9.67. The van der Waals surface area contributed by atoms with E-state index in [0.717, 1.165) is 17.1 Å². The van der Waals surface area contributed by atoms with Crippen molar-refractivity contribution in [1.82, 2.24) is 0 Å². The second-order valence-electron chi connectivity index (χ2n) is 19.3. The molecule has 0 aromatic heterocycles. The molecule has 2 aliphatic carbocycles. The van der Waals surface area contributed by atoms with E-state index < -0.39 is 5.41 Å². The number of rotatable bonds is 9. The largest absolute Gasteiger partial charge is 0.310 e. The van der Waals surface area contributed by atoms with Crippen molar-refractivity contribution in [3.05, 3.63) is 283 Å². The highest BCUT2D eigenvalue weighted by atomic mass is 15.1. The lowest BCUT2D eigenvalue weighted by molar-refractivity contribution is 0.445. The first-order chi connectivity index (χ1) is 34.8. The summed E-state index contributed by atoms with van der Waals surface area (Å²) in [5.41, 5.74) is 19.6. The average molecular weight is 896 g/mol. The molecule has 334 valence electrons. The number of benzene rings is 11. The van der Waals surface area contributed by atoms with Crippen molar-refractivity contribution in [3.8, 4) is 44.5 Å². The third-order valence-electron chi connectivity index (χ3n) is 15.5. The number of hydrogen-bond donors (Lipinski definition) is 0. The monoisotopic (exact) mass is 895 g/mol. The third kappa shape index (κ3) is 6.91. The minimum absolute atomic E-state index is 0.460. The molecule has 0 N–H and O–H groups in total. The van der Waals surface area contributed by atoms with Crippen LogP contribution in [0.3, 0.4) is 0 Å². The summed E-state index contributed by atoms with van der Waals surface area (Å²) in [6.07, 6.45) is 6.45. The predicted octanol–water partition coefficient (Wildman–Crippen LogP) is 18.9. The first kappa shape index (κ1) is 41.9. The van der Waals surface area contributed by atoms with E-state index in [1.165, 1.54) is 126 Å². The van der Waals surface area contributed by atoms with Gasteiger partial charge in [0, 0.05) is 16.9 Å². The molecule has 1 heteroatoms. The van der Waals surface area contributed by atoms with Gasteiger partial charge in [0.25, 0.3) is 0 Å². The van der Waals surface area contributed by atoms with Crippen LogP contribution in [0.1, 0.15) is 65.8 Å². The summed E-state index contributed by atoms with van der Waals surface area (Å²) < 4.78 is 0. The van der Waals surface area contributed by atoms with Crippen molar-refractivity contribution in [2.75, 3.05) is 4.90 Å². The van der Waals surface area contributed by atoms with Gasteiger partial charge in [0.2, 0.25) is 0 Å². The number of anilines is 3. The Bertz CT molecular complexity index is 3640. The highest BCUT2D eigenvalue weighted by molar-refractivity contribution is 6.04. The maximum atomic E-state index is 2.50. The van der Waals surface area contributed by atoms with Crippen molar-refractivity contribution in [3.63, 3.8) is 0 Å². The van der Waals surface area contributed by atoms with Gasteiger partial charge in [-0.15, -0.1) is 0 Å². The zero-order valence-electron chi connectivity index (χ0n) is 39.3. The first-order valence-electron chi connectivity index (χ1n) is 25.2. The maximum Gasteiger partial charge on any atom is 0.0713 e. The fourth-order valence-corrected chi connectivity index (χ4v) is 12.5. The summed E-state index contributed by atoms with van der Waals surface area (Å²) >= 11 is 0. The molecule has 2 aliphatic rings. The summed E-state index contributed by atoms with van der Waals surface area (Å²) in [5, 5.41) is 5.20. The van der Waals surface area contributed by atoms with Crippen molar-refractivity contribution in [1.29, 1.82) is 0 Å². The van der Waals surface area contributed by atoms with Crippen LogP contribution in [0.2, 0.25) is 0 Å². The molecule has 13 rings (SSSR count). The highest BCUT2D eigenvalue weighted by Gasteiger charge is 2.46. The van der Waals surface area contributed by atoms with Gasteiger partial charge in [0.15, 0.2) is 0 Å². The Morgan fingerprint density at radius 3 is 1.71 bits per heavy atom. The molecule has 1 fully saturated rings.